The molecule has 1 nitrogen and oxygen atoms in total. The topological polar surface area (TPSA) is 9.23 Å². The highest BCUT2D eigenvalue weighted by Crippen LogP contribution is 2.42. The summed E-state index contributed by atoms with van der Waals surface area (Å²) >= 11 is 0. The second-order valence-electron chi connectivity index (χ2n) is 7.57. The van der Waals surface area contributed by atoms with E-state index in [1.54, 1.807) is 6.07 Å². The minimum Gasteiger partial charge on any atom is -0.484 e. The van der Waals surface area contributed by atoms with Crippen molar-refractivity contribution in [2.24, 2.45) is 5.92 Å². The molecule has 132 valence electrons. The van der Waals surface area contributed by atoms with E-state index in [9.17, 15) is 4.39 Å². The molecule has 3 heteroatoms. The molecule has 0 radical (unpaired) electrons. The third-order valence-corrected chi connectivity index (χ3v) is 8.18. The zero-order valence-electron chi connectivity index (χ0n) is 15.1. The van der Waals surface area contributed by atoms with Crippen LogP contribution >= 0.6 is 0 Å². The Balaban J connectivity index is 1.66. The van der Waals surface area contributed by atoms with Crippen LogP contribution in [0.4, 0.5) is 4.39 Å². The summed E-state index contributed by atoms with van der Waals surface area (Å²) in [6.07, 6.45) is 5.53. The molecule has 0 N–H and O–H groups in total. The van der Waals surface area contributed by atoms with Gasteiger partial charge in [-0.1, -0.05) is 32.0 Å². The summed E-state index contributed by atoms with van der Waals surface area (Å²) < 4.78 is 20.9. The third kappa shape index (κ3) is 3.08. The number of benzene rings is 2. The van der Waals surface area contributed by atoms with Crippen molar-refractivity contribution in [1.29, 1.82) is 0 Å². The lowest BCUT2D eigenvalue weighted by molar-refractivity contribution is 0.0249. The van der Waals surface area contributed by atoms with Crippen molar-refractivity contribution in [2.45, 2.75) is 61.3 Å². The molecule has 0 saturated heterocycles. The Hall–Kier alpha value is -1.48. The summed E-state index contributed by atoms with van der Waals surface area (Å²) in [4.78, 5) is 2.62. The summed E-state index contributed by atoms with van der Waals surface area (Å²) in [5.41, 5.74) is 1.24. The van der Waals surface area contributed by atoms with E-state index < -0.39 is 0 Å². The molecule has 0 amide bonds. The lowest BCUT2D eigenvalue weighted by Gasteiger charge is -2.34. The van der Waals surface area contributed by atoms with Crippen LogP contribution in [0.1, 0.15) is 45.1 Å². The van der Waals surface area contributed by atoms with Gasteiger partial charge in [0.05, 0.1) is 10.9 Å². The highest BCUT2D eigenvalue weighted by atomic mass is 32.2. The van der Waals surface area contributed by atoms with Crippen molar-refractivity contribution in [3.05, 3.63) is 53.8 Å². The van der Waals surface area contributed by atoms with Gasteiger partial charge in [-0.15, -0.1) is 0 Å². The van der Waals surface area contributed by atoms with Crippen LogP contribution < -0.4 is 4.74 Å². The Kier molecular flexibility index (Phi) is 4.53. The van der Waals surface area contributed by atoms with Gasteiger partial charge >= 0.3 is 0 Å². The van der Waals surface area contributed by atoms with Gasteiger partial charge in [0.25, 0.3) is 0 Å². The van der Waals surface area contributed by atoms with Crippen molar-refractivity contribution >= 4 is 10.9 Å². The average Bonchev–Trinajstić information content (AvgIpc) is 3.25. The van der Waals surface area contributed by atoms with Gasteiger partial charge in [0.15, 0.2) is 21.4 Å². The molecule has 0 aromatic heterocycles. The van der Waals surface area contributed by atoms with E-state index in [0.29, 0.717) is 11.7 Å². The van der Waals surface area contributed by atoms with Crippen molar-refractivity contribution < 1.29 is 9.13 Å². The molecule has 1 aliphatic heterocycles. The van der Waals surface area contributed by atoms with E-state index in [2.05, 4.69) is 38.1 Å². The first kappa shape index (κ1) is 17.0. The molecular weight excluding hydrogens is 331 g/mol. The molecule has 2 aliphatic rings. The predicted molar refractivity (Wildman–Crippen MR) is 102 cm³/mol. The maximum Gasteiger partial charge on any atom is 0.165 e. The van der Waals surface area contributed by atoms with Gasteiger partial charge in [0, 0.05) is 18.1 Å². The van der Waals surface area contributed by atoms with Crippen molar-refractivity contribution in [2.75, 3.05) is 5.75 Å². The molecule has 1 heterocycles. The van der Waals surface area contributed by atoms with Crippen LogP contribution in [0, 0.1) is 11.7 Å². The van der Waals surface area contributed by atoms with Gasteiger partial charge in [0.1, 0.15) is 11.4 Å². The quantitative estimate of drug-likeness (QED) is 0.632. The van der Waals surface area contributed by atoms with Crippen molar-refractivity contribution in [3.63, 3.8) is 0 Å². The van der Waals surface area contributed by atoms with Crippen LogP contribution in [-0.2, 0) is 17.3 Å². The van der Waals surface area contributed by atoms with Crippen molar-refractivity contribution in [1.82, 2.24) is 0 Å². The van der Waals surface area contributed by atoms with Crippen LogP contribution in [0.25, 0.3) is 0 Å². The highest BCUT2D eigenvalue weighted by molar-refractivity contribution is 7.97. The SMILES string of the molecule is CC(C)C1(Oc2cc([S+]3CCc4ccccc43)ccc2F)CCCC1. The summed E-state index contributed by atoms with van der Waals surface area (Å²) in [6, 6.07) is 14.2. The number of ether oxygens (including phenoxy) is 1. The van der Waals surface area contributed by atoms with Gasteiger partial charge in [-0.05, 0) is 49.8 Å². The maximum absolute atomic E-state index is 14.5. The van der Waals surface area contributed by atoms with E-state index in [1.807, 2.05) is 12.1 Å². The zero-order valence-corrected chi connectivity index (χ0v) is 15.9. The third-order valence-electron chi connectivity index (χ3n) is 5.82. The fraction of sp³-hybridized carbons (Fsp3) is 0.455. The highest BCUT2D eigenvalue weighted by Gasteiger charge is 2.40. The van der Waals surface area contributed by atoms with E-state index in [0.717, 1.165) is 25.0 Å². The number of fused-ring (bicyclic) bond motifs is 1. The molecule has 1 atom stereocenters. The van der Waals surface area contributed by atoms with Crippen LogP contribution in [-0.4, -0.2) is 11.4 Å². The van der Waals surface area contributed by atoms with Gasteiger partial charge in [-0.2, -0.15) is 0 Å². The van der Waals surface area contributed by atoms with E-state index >= 15 is 0 Å². The minimum atomic E-state index is -0.230. The Morgan fingerprint density at radius 3 is 2.60 bits per heavy atom. The standard InChI is InChI=1S/C22H26FOS/c1-16(2)22(12-5-6-13-22)24-20-15-18(9-10-19(20)23)25-14-11-17-7-3-4-8-21(17)25/h3-4,7-10,15-16H,5-6,11-14H2,1-2H3/q+1. The molecule has 0 spiro atoms. The summed E-state index contributed by atoms with van der Waals surface area (Å²) in [7, 11) is 0.0418. The van der Waals surface area contributed by atoms with Crippen LogP contribution in [0.15, 0.2) is 52.3 Å². The van der Waals surface area contributed by atoms with E-state index in [4.69, 9.17) is 4.74 Å². The fourth-order valence-electron chi connectivity index (χ4n) is 4.22. The predicted octanol–water partition coefficient (Wildman–Crippen LogP) is 5.77. The average molecular weight is 358 g/mol. The van der Waals surface area contributed by atoms with Crippen LogP contribution in [0.5, 0.6) is 5.75 Å². The first-order valence-electron chi connectivity index (χ1n) is 9.36. The number of hydrogen-bond acceptors (Lipinski definition) is 1. The number of aryl methyl sites for hydroxylation is 1. The monoisotopic (exact) mass is 357 g/mol. The van der Waals surface area contributed by atoms with Crippen LogP contribution in [0.3, 0.4) is 0 Å². The largest absolute Gasteiger partial charge is 0.484 e. The second-order valence-corrected chi connectivity index (χ2v) is 9.67. The van der Waals surface area contributed by atoms with Gasteiger partial charge in [0.2, 0.25) is 0 Å². The Morgan fingerprint density at radius 1 is 1.08 bits per heavy atom. The fourth-order valence-corrected chi connectivity index (χ4v) is 6.57. The molecule has 1 fully saturated rings. The number of rotatable bonds is 4. The minimum absolute atomic E-state index is 0.0418. The molecule has 1 aliphatic carbocycles. The second kappa shape index (κ2) is 6.68. The molecule has 1 unspecified atom stereocenters. The molecule has 0 bridgehead atoms. The van der Waals surface area contributed by atoms with Gasteiger partial charge < -0.3 is 4.74 Å². The summed E-state index contributed by atoms with van der Waals surface area (Å²) in [6.45, 7) is 4.39. The number of halogens is 1. The van der Waals surface area contributed by atoms with E-state index in [-0.39, 0.29) is 22.3 Å². The maximum atomic E-state index is 14.5. The van der Waals surface area contributed by atoms with Gasteiger partial charge in [-0.25, -0.2) is 4.39 Å². The Morgan fingerprint density at radius 2 is 1.84 bits per heavy atom. The molecular formula is C22H26FOS+. The van der Waals surface area contributed by atoms with E-state index in [1.165, 1.54) is 28.2 Å². The van der Waals surface area contributed by atoms with Crippen molar-refractivity contribution in [3.8, 4) is 5.75 Å². The molecule has 2 aromatic carbocycles. The zero-order chi connectivity index (χ0) is 17.4. The molecule has 25 heavy (non-hydrogen) atoms. The Labute approximate surface area is 152 Å². The summed E-state index contributed by atoms with van der Waals surface area (Å²) in [5, 5.41) is 0. The lowest BCUT2D eigenvalue weighted by Crippen LogP contribution is -2.38. The molecule has 2 aromatic rings. The first-order chi connectivity index (χ1) is 12.1. The Bertz CT molecular complexity index is 764. The normalized spacial score (nSPS) is 21.5. The van der Waals surface area contributed by atoms with Gasteiger partial charge in [-0.3, -0.25) is 0 Å². The number of hydrogen-bond donors (Lipinski definition) is 0. The van der Waals surface area contributed by atoms with Crippen LogP contribution in [0.2, 0.25) is 0 Å². The first-order valence-corrected chi connectivity index (χ1v) is 10.8. The molecule has 4 rings (SSSR count). The lowest BCUT2D eigenvalue weighted by atomic mass is 9.88. The smallest absolute Gasteiger partial charge is 0.165 e. The molecule has 1 saturated carbocycles. The summed E-state index contributed by atoms with van der Waals surface area (Å²) in [5.74, 6) is 1.74.